The Morgan fingerprint density at radius 2 is 1.96 bits per heavy atom. The van der Waals surface area contributed by atoms with Crippen molar-refractivity contribution in [2.75, 3.05) is 18.9 Å². The molecule has 152 valence electrons. The van der Waals surface area contributed by atoms with Crippen LogP contribution in [0.5, 0.6) is 0 Å². The van der Waals surface area contributed by atoms with Crippen LogP contribution in [0.2, 0.25) is 5.02 Å². The number of carbonyl (C=O) groups is 3. The molecule has 1 saturated heterocycles. The third-order valence-electron chi connectivity index (χ3n) is 5.23. The molecule has 0 radical (unpaired) electrons. The largest absolute Gasteiger partial charge is 0.327 e. The second kappa shape index (κ2) is 8.24. The van der Waals surface area contributed by atoms with Crippen molar-refractivity contribution in [2.24, 2.45) is 0 Å². The molecule has 2 fully saturated rings. The molecular formula is C18H20ClF2N3O3S. The van der Waals surface area contributed by atoms with Crippen LogP contribution in [0.25, 0.3) is 0 Å². The number of likely N-dealkylation sites (N-methyl/N-ethyl adjacent to an activating group) is 1. The second-order valence-corrected chi connectivity index (χ2v) is 8.28. The first kappa shape index (κ1) is 20.9. The number of halogens is 3. The summed E-state index contributed by atoms with van der Waals surface area (Å²) in [6.07, 6.45) is 3.86. The summed E-state index contributed by atoms with van der Waals surface area (Å²) in [7, 11) is 1.58. The molecule has 1 saturated carbocycles. The van der Waals surface area contributed by atoms with E-state index < -0.39 is 29.8 Å². The van der Waals surface area contributed by atoms with Crippen LogP contribution in [0.4, 0.5) is 19.3 Å². The van der Waals surface area contributed by atoms with Crippen LogP contribution in [-0.4, -0.2) is 52.5 Å². The van der Waals surface area contributed by atoms with Crippen LogP contribution < -0.4 is 5.32 Å². The van der Waals surface area contributed by atoms with Crippen molar-refractivity contribution in [1.29, 1.82) is 0 Å². The minimum Gasteiger partial charge on any atom is -0.323 e. The lowest BCUT2D eigenvalue weighted by Gasteiger charge is -2.35. The van der Waals surface area contributed by atoms with E-state index in [0.717, 1.165) is 24.2 Å². The number of benzene rings is 1. The number of thioether (sulfide) groups is 1. The zero-order valence-electron chi connectivity index (χ0n) is 15.2. The Labute approximate surface area is 170 Å². The number of nitrogens with one attached hydrogen (secondary N) is 1. The summed E-state index contributed by atoms with van der Waals surface area (Å²) in [5.41, 5.74) is -0.759. The van der Waals surface area contributed by atoms with Gasteiger partial charge in [0.05, 0.1) is 15.6 Å². The molecule has 1 spiro atoms. The molecule has 0 bridgehead atoms. The normalized spacial score (nSPS) is 19.0. The van der Waals surface area contributed by atoms with Crippen LogP contribution in [0.3, 0.4) is 0 Å². The Kier molecular flexibility index (Phi) is 6.14. The maximum Gasteiger partial charge on any atom is 0.327 e. The van der Waals surface area contributed by atoms with Crippen molar-refractivity contribution in [3.63, 3.8) is 0 Å². The minimum atomic E-state index is -2.71. The molecular weight excluding hydrogens is 412 g/mol. The zero-order chi connectivity index (χ0) is 20.5. The average Bonchev–Trinajstić information content (AvgIpc) is 2.81. The van der Waals surface area contributed by atoms with E-state index in [1.807, 2.05) is 0 Å². The van der Waals surface area contributed by atoms with Gasteiger partial charge in [0.25, 0.3) is 11.7 Å². The first-order valence-electron chi connectivity index (χ1n) is 8.89. The summed E-state index contributed by atoms with van der Waals surface area (Å²) in [4.78, 5) is 40.4. The average molecular weight is 432 g/mol. The van der Waals surface area contributed by atoms with E-state index in [1.165, 1.54) is 23.1 Å². The summed E-state index contributed by atoms with van der Waals surface area (Å²) in [5.74, 6) is -3.73. The van der Waals surface area contributed by atoms with Gasteiger partial charge in [-0.05, 0) is 25.0 Å². The van der Waals surface area contributed by atoms with Gasteiger partial charge in [-0.3, -0.25) is 14.5 Å². The zero-order valence-corrected chi connectivity index (χ0v) is 16.8. The SMILES string of the molecule is CN1C(=O)N(CC(=O)Nc2cccc(Cl)c2SC(F)F)C(=O)C12CCCCC2. The van der Waals surface area contributed by atoms with Gasteiger partial charge in [-0.25, -0.2) is 4.79 Å². The maximum atomic E-state index is 12.9. The number of carbonyl (C=O) groups excluding carboxylic acids is 3. The van der Waals surface area contributed by atoms with Gasteiger partial charge >= 0.3 is 6.03 Å². The third kappa shape index (κ3) is 3.82. The van der Waals surface area contributed by atoms with Gasteiger partial charge in [-0.1, -0.05) is 48.7 Å². The highest BCUT2D eigenvalue weighted by atomic mass is 35.5. The van der Waals surface area contributed by atoms with Gasteiger partial charge < -0.3 is 10.2 Å². The number of nitrogens with zero attached hydrogens (tertiary/aromatic N) is 2. The molecule has 2 aliphatic rings. The topological polar surface area (TPSA) is 69.7 Å². The van der Waals surface area contributed by atoms with E-state index in [4.69, 9.17) is 11.6 Å². The lowest BCUT2D eigenvalue weighted by atomic mass is 9.81. The molecule has 1 aliphatic carbocycles. The van der Waals surface area contributed by atoms with Crippen LogP contribution in [0.1, 0.15) is 32.1 Å². The van der Waals surface area contributed by atoms with Crippen molar-refractivity contribution in [3.05, 3.63) is 23.2 Å². The fourth-order valence-electron chi connectivity index (χ4n) is 3.82. The van der Waals surface area contributed by atoms with Crippen molar-refractivity contribution in [3.8, 4) is 0 Å². The molecule has 6 nitrogen and oxygen atoms in total. The van der Waals surface area contributed by atoms with Crippen LogP contribution in [0.15, 0.2) is 23.1 Å². The van der Waals surface area contributed by atoms with Gasteiger partial charge in [0.1, 0.15) is 12.1 Å². The molecule has 28 heavy (non-hydrogen) atoms. The Morgan fingerprint density at radius 3 is 2.61 bits per heavy atom. The van der Waals surface area contributed by atoms with Gasteiger partial charge in [0.2, 0.25) is 5.91 Å². The lowest BCUT2D eigenvalue weighted by Crippen LogP contribution is -2.49. The maximum absolute atomic E-state index is 12.9. The quantitative estimate of drug-likeness (QED) is 0.560. The molecule has 1 N–H and O–H groups in total. The Balaban J connectivity index is 1.74. The number of hydrogen-bond acceptors (Lipinski definition) is 4. The molecule has 0 unspecified atom stereocenters. The van der Waals surface area contributed by atoms with Crippen molar-refractivity contribution < 1.29 is 23.2 Å². The lowest BCUT2D eigenvalue weighted by molar-refractivity contribution is -0.136. The van der Waals surface area contributed by atoms with Crippen molar-refractivity contribution >= 4 is 46.9 Å². The van der Waals surface area contributed by atoms with E-state index in [9.17, 15) is 23.2 Å². The predicted molar refractivity (Wildman–Crippen MR) is 103 cm³/mol. The Hall–Kier alpha value is -1.87. The number of urea groups is 1. The molecule has 1 aromatic rings. The van der Waals surface area contributed by atoms with Crippen LogP contribution >= 0.6 is 23.4 Å². The smallest absolute Gasteiger partial charge is 0.323 e. The number of rotatable bonds is 5. The van der Waals surface area contributed by atoms with Crippen LogP contribution in [-0.2, 0) is 9.59 Å². The van der Waals surface area contributed by atoms with E-state index >= 15 is 0 Å². The van der Waals surface area contributed by atoms with E-state index in [-0.39, 0.29) is 33.3 Å². The summed E-state index contributed by atoms with van der Waals surface area (Å²) in [5, 5.41) is 2.57. The Bertz CT molecular complexity index is 802. The monoisotopic (exact) mass is 431 g/mol. The minimum absolute atomic E-state index is 0.0347. The molecule has 10 heteroatoms. The van der Waals surface area contributed by atoms with E-state index in [2.05, 4.69) is 5.32 Å². The second-order valence-electron chi connectivity index (χ2n) is 6.87. The first-order chi connectivity index (χ1) is 13.3. The Morgan fingerprint density at radius 1 is 1.29 bits per heavy atom. The van der Waals surface area contributed by atoms with Crippen LogP contribution in [0, 0.1) is 0 Å². The molecule has 1 aliphatic heterocycles. The van der Waals surface area contributed by atoms with Gasteiger partial charge in [0, 0.05) is 7.05 Å². The number of amides is 4. The van der Waals surface area contributed by atoms with Gasteiger partial charge in [0.15, 0.2) is 0 Å². The van der Waals surface area contributed by atoms with E-state index in [0.29, 0.717) is 12.8 Å². The number of anilines is 1. The predicted octanol–water partition coefficient (Wildman–Crippen LogP) is 4.19. The highest BCUT2D eigenvalue weighted by Crippen LogP contribution is 2.40. The summed E-state index contributed by atoms with van der Waals surface area (Å²) in [6.45, 7) is -0.477. The number of alkyl halides is 2. The number of hydrogen-bond donors (Lipinski definition) is 1. The molecule has 0 aromatic heterocycles. The molecule has 1 aromatic carbocycles. The summed E-state index contributed by atoms with van der Waals surface area (Å²) >= 11 is 6.18. The summed E-state index contributed by atoms with van der Waals surface area (Å²) in [6, 6.07) is 3.88. The standard InChI is InChI=1S/C18H20ClF2N3O3S/c1-23-17(27)24(15(26)18(23)8-3-2-4-9-18)10-13(25)22-12-7-5-6-11(19)14(12)28-16(20)21/h5-7,16H,2-4,8-10H2,1H3,(H,22,25). The molecule has 3 rings (SSSR count). The summed E-state index contributed by atoms with van der Waals surface area (Å²) < 4.78 is 25.6. The molecule has 1 heterocycles. The van der Waals surface area contributed by atoms with Gasteiger partial charge in [-0.2, -0.15) is 8.78 Å². The van der Waals surface area contributed by atoms with E-state index in [1.54, 1.807) is 7.05 Å². The fourth-order valence-corrected chi connectivity index (χ4v) is 4.73. The molecule has 4 amide bonds. The highest BCUT2D eigenvalue weighted by Gasteiger charge is 2.55. The first-order valence-corrected chi connectivity index (χ1v) is 10.1. The highest BCUT2D eigenvalue weighted by molar-refractivity contribution is 7.99. The van der Waals surface area contributed by atoms with Crippen molar-refractivity contribution in [1.82, 2.24) is 9.80 Å². The fraction of sp³-hybridized carbons (Fsp3) is 0.500. The number of imide groups is 1. The molecule has 0 atom stereocenters. The van der Waals surface area contributed by atoms with Crippen molar-refractivity contribution in [2.45, 2.75) is 48.3 Å². The van der Waals surface area contributed by atoms with Gasteiger partial charge in [-0.15, -0.1) is 0 Å². The third-order valence-corrected chi connectivity index (χ3v) is 6.51.